The molecule has 2 aliphatic rings. The van der Waals surface area contributed by atoms with Crippen LogP contribution in [0.5, 0.6) is 5.75 Å². The van der Waals surface area contributed by atoms with Crippen LogP contribution in [-0.4, -0.2) is 12.6 Å². The van der Waals surface area contributed by atoms with Crippen LogP contribution in [0.1, 0.15) is 38.2 Å². The number of hydrogen-bond donors (Lipinski definition) is 1. The SMILES string of the molecule is CC(N)Cc1cc(OCC2CC3CCC2C3)ccc1Br. The van der Waals surface area contributed by atoms with E-state index < -0.39 is 0 Å². The second-order valence-electron chi connectivity index (χ2n) is 6.68. The van der Waals surface area contributed by atoms with Crippen LogP contribution in [0, 0.1) is 17.8 Å². The average Bonchev–Trinajstić information content (AvgIpc) is 3.01. The summed E-state index contributed by atoms with van der Waals surface area (Å²) in [5, 5.41) is 0. The third-order valence-corrected chi connectivity index (χ3v) is 5.68. The Bertz CT molecular complexity index is 474. The van der Waals surface area contributed by atoms with E-state index in [1.54, 1.807) is 0 Å². The number of nitrogens with two attached hydrogens (primary N) is 1. The largest absolute Gasteiger partial charge is 0.493 e. The first kappa shape index (κ1) is 14.4. The number of ether oxygens (including phenoxy) is 1. The molecule has 2 bridgehead atoms. The molecule has 0 radical (unpaired) electrons. The lowest BCUT2D eigenvalue weighted by atomic mass is 9.89. The highest BCUT2D eigenvalue weighted by Crippen LogP contribution is 2.48. The number of rotatable bonds is 5. The molecule has 0 heterocycles. The van der Waals surface area contributed by atoms with Crippen molar-refractivity contribution in [1.82, 2.24) is 0 Å². The molecule has 0 aliphatic heterocycles. The lowest BCUT2D eigenvalue weighted by Crippen LogP contribution is -2.19. The Morgan fingerprint density at radius 3 is 2.85 bits per heavy atom. The van der Waals surface area contributed by atoms with Crippen molar-refractivity contribution in [3.63, 3.8) is 0 Å². The lowest BCUT2D eigenvalue weighted by Gasteiger charge is -2.22. The maximum atomic E-state index is 6.06. The monoisotopic (exact) mass is 337 g/mol. The molecule has 3 heteroatoms. The highest BCUT2D eigenvalue weighted by molar-refractivity contribution is 9.10. The van der Waals surface area contributed by atoms with Gasteiger partial charge >= 0.3 is 0 Å². The molecule has 20 heavy (non-hydrogen) atoms. The summed E-state index contributed by atoms with van der Waals surface area (Å²) in [5.41, 5.74) is 7.14. The second kappa shape index (κ2) is 6.07. The van der Waals surface area contributed by atoms with E-state index in [0.29, 0.717) is 0 Å². The van der Waals surface area contributed by atoms with E-state index in [-0.39, 0.29) is 6.04 Å². The Labute approximate surface area is 130 Å². The molecule has 1 aromatic rings. The topological polar surface area (TPSA) is 35.2 Å². The molecule has 110 valence electrons. The van der Waals surface area contributed by atoms with Gasteiger partial charge in [0.05, 0.1) is 6.61 Å². The van der Waals surface area contributed by atoms with E-state index in [2.05, 4.69) is 34.1 Å². The van der Waals surface area contributed by atoms with Crippen molar-refractivity contribution in [3.8, 4) is 5.75 Å². The van der Waals surface area contributed by atoms with Gasteiger partial charge in [-0.25, -0.2) is 0 Å². The van der Waals surface area contributed by atoms with Crippen LogP contribution in [-0.2, 0) is 6.42 Å². The van der Waals surface area contributed by atoms with Crippen molar-refractivity contribution in [2.45, 2.75) is 45.1 Å². The van der Waals surface area contributed by atoms with Crippen LogP contribution in [0.15, 0.2) is 22.7 Å². The lowest BCUT2D eigenvalue weighted by molar-refractivity contribution is 0.195. The molecule has 0 saturated heterocycles. The zero-order chi connectivity index (χ0) is 14.1. The molecule has 0 spiro atoms. The van der Waals surface area contributed by atoms with Crippen LogP contribution < -0.4 is 10.5 Å². The summed E-state index contributed by atoms with van der Waals surface area (Å²) in [6.07, 6.45) is 6.59. The third kappa shape index (κ3) is 3.20. The summed E-state index contributed by atoms with van der Waals surface area (Å²) in [7, 11) is 0. The Kier molecular flexibility index (Phi) is 4.37. The molecule has 2 N–H and O–H groups in total. The normalized spacial score (nSPS) is 29.6. The first-order chi connectivity index (χ1) is 9.61. The van der Waals surface area contributed by atoms with E-state index in [1.807, 2.05) is 6.92 Å². The Morgan fingerprint density at radius 2 is 2.20 bits per heavy atom. The van der Waals surface area contributed by atoms with Crippen molar-refractivity contribution >= 4 is 15.9 Å². The van der Waals surface area contributed by atoms with Crippen molar-refractivity contribution < 1.29 is 4.74 Å². The Balaban J connectivity index is 1.60. The minimum absolute atomic E-state index is 0.173. The molecule has 4 unspecified atom stereocenters. The summed E-state index contributed by atoms with van der Waals surface area (Å²) >= 11 is 3.59. The highest BCUT2D eigenvalue weighted by Gasteiger charge is 2.39. The molecular formula is C17H24BrNO. The van der Waals surface area contributed by atoms with Gasteiger partial charge in [0.25, 0.3) is 0 Å². The van der Waals surface area contributed by atoms with E-state index >= 15 is 0 Å². The van der Waals surface area contributed by atoms with E-state index in [4.69, 9.17) is 10.5 Å². The molecule has 4 atom stereocenters. The van der Waals surface area contributed by atoms with Gasteiger partial charge < -0.3 is 10.5 Å². The Hall–Kier alpha value is -0.540. The third-order valence-electron chi connectivity index (χ3n) is 4.91. The smallest absolute Gasteiger partial charge is 0.119 e. The number of hydrogen-bond acceptors (Lipinski definition) is 2. The zero-order valence-corrected chi connectivity index (χ0v) is 13.7. The molecule has 0 aromatic heterocycles. The van der Waals surface area contributed by atoms with Crippen LogP contribution in [0.4, 0.5) is 0 Å². The van der Waals surface area contributed by atoms with Gasteiger partial charge in [0.15, 0.2) is 0 Å². The van der Waals surface area contributed by atoms with Gasteiger partial charge in [0, 0.05) is 10.5 Å². The number of halogens is 1. The summed E-state index contributed by atoms with van der Waals surface area (Å²) in [6.45, 7) is 2.93. The molecule has 2 aliphatic carbocycles. The second-order valence-corrected chi connectivity index (χ2v) is 7.53. The van der Waals surface area contributed by atoms with Crippen LogP contribution >= 0.6 is 15.9 Å². The van der Waals surface area contributed by atoms with Crippen LogP contribution in [0.25, 0.3) is 0 Å². The van der Waals surface area contributed by atoms with Gasteiger partial charge in [-0.2, -0.15) is 0 Å². The zero-order valence-electron chi connectivity index (χ0n) is 12.1. The summed E-state index contributed by atoms with van der Waals surface area (Å²) in [4.78, 5) is 0. The quantitative estimate of drug-likeness (QED) is 0.875. The van der Waals surface area contributed by atoms with Crippen molar-refractivity contribution in [1.29, 1.82) is 0 Å². The molecule has 0 amide bonds. The number of benzene rings is 1. The van der Waals surface area contributed by atoms with Crippen LogP contribution in [0.3, 0.4) is 0 Å². The fourth-order valence-corrected chi connectivity index (χ4v) is 4.34. The fourth-order valence-electron chi connectivity index (χ4n) is 3.93. The van der Waals surface area contributed by atoms with Gasteiger partial charge in [-0.3, -0.25) is 0 Å². The number of fused-ring (bicyclic) bond motifs is 2. The summed E-state index contributed by atoms with van der Waals surface area (Å²) in [5.74, 6) is 3.70. The van der Waals surface area contributed by atoms with Gasteiger partial charge in [0.2, 0.25) is 0 Å². The maximum Gasteiger partial charge on any atom is 0.119 e. The summed E-state index contributed by atoms with van der Waals surface area (Å²) in [6, 6.07) is 6.45. The first-order valence-corrected chi connectivity index (χ1v) is 8.58. The molecular weight excluding hydrogens is 314 g/mol. The molecule has 2 nitrogen and oxygen atoms in total. The molecule has 1 aromatic carbocycles. The fraction of sp³-hybridized carbons (Fsp3) is 0.647. The van der Waals surface area contributed by atoms with E-state index in [9.17, 15) is 0 Å². The van der Waals surface area contributed by atoms with E-state index in [0.717, 1.165) is 41.0 Å². The standard InChI is InChI=1S/C17H24BrNO/c1-11(19)6-14-9-16(4-5-17(14)18)20-10-15-8-12-2-3-13(15)7-12/h4-5,9,11-13,15H,2-3,6-8,10,19H2,1H3. The predicted octanol–water partition coefficient (Wildman–Crippen LogP) is 4.15. The molecule has 3 rings (SSSR count). The maximum absolute atomic E-state index is 6.06. The van der Waals surface area contributed by atoms with Gasteiger partial charge in [0.1, 0.15) is 5.75 Å². The Morgan fingerprint density at radius 1 is 1.35 bits per heavy atom. The van der Waals surface area contributed by atoms with Gasteiger partial charge in [-0.05, 0) is 74.1 Å². The van der Waals surface area contributed by atoms with Gasteiger partial charge in [-0.15, -0.1) is 0 Å². The van der Waals surface area contributed by atoms with Gasteiger partial charge in [-0.1, -0.05) is 22.4 Å². The van der Waals surface area contributed by atoms with Crippen molar-refractivity contribution in [2.75, 3.05) is 6.61 Å². The minimum atomic E-state index is 0.173. The van der Waals surface area contributed by atoms with Crippen molar-refractivity contribution in [3.05, 3.63) is 28.2 Å². The first-order valence-electron chi connectivity index (χ1n) is 7.78. The minimum Gasteiger partial charge on any atom is -0.493 e. The van der Waals surface area contributed by atoms with Crippen LogP contribution in [0.2, 0.25) is 0 Å². The highest BCUT2D eigenvalue weighted by atomic mass is 79.9. The van der Waals surface area contributed by atoms with Crippen molar-refractivity contribution in [2.24, 2.45) is 23.5 Å². The molecule has 2 saturated carbocycles. The average molecular weight is 338 g/mol. The summed E-state index contributed by atoms with van der Waals surface area (Å²) < 4.78 is 7.19. The molecule has 2 fully saturated rings. The predicted molar refractivity (Wildman–Crippen MR) is 85.9 cm³/mol. The van der Waals surface area contributed by atoms with E-state index in [1.165, 1.54) is 31.2 Å².